The molecule has 2 saturated heterocycles. The summed E-state index contributed by atoms with van der Waals surface area (Å²) in [4.78, 5) is 10.6. The molecule has 2 aliphatic heterocycles. The van der Waals surface area contributed by atoms with E-state index in [1.54, 1.807) is 0 Å². The summed E-state index contributed by atoms with van der Waals surface area (Å²) in [6.07, 6.45) is 8.45. The Morgan fingerprint density at radius 1 is 1.37 bits per heavy atom. The second kappa shape index (κ2) is 6.06. The number of piperidine rings is 2. The van der Waals surface area contributed by atoms with Crippen molar-refractivity contribution < 1.29 is 0 Å². The molecule has 2 unspecified atom stereocenters. The Morgan fingerprint density at radius 2 is 2.32 bits per heavy atom. The first-order chi connectivity index (χ1) is 9.31. The van der Waals surface area contributed by atoms with Crippen LogP contribution in [-0.2, 0) is 6.42 Å². The minimum Gasteiger partial charge on any atom is -0.346 e. The van der Waals surface area contributed by atoms with Crippen LogP contribution in [0.2, 0.25) is 0 Å². The summed E-state index contributed by atoms with van der Waals surface area (Å²) in [5, 5.41) is 3.48. The molecule has 106 valence electrons. The largest absolute Gasteiger partial charge is 0.346 e. The predicted octanol–water partition coefficient (Wildman–Crippen LogP) is 1.76. The molecule has 0 bridgehead atoms. The fourth-order valence-corrected chi connectivity index (χ4v) is 3.48. The topological polar surface area (TPSA) is 44.0 Å². The summed E-state index contributed by atoms with van der Waals surface area (Å²) in [5.41, 5.74) is 1.35. The van der Waals surface area contributed by atoms with Crippen LogP contribution in [0.1, 0.15) is 43.1 Å². The van der Waals surface area contributed by atoms with E-state index in [0.717, 1.165) is 18.9 Å². The number of aromatic nitrogens is 2. The molecule has 3 heterocycles. The summed E-state index contributed by atoms with van der Waals surface area (Å²) in [6.45, 7) is 4.76. The van der Waals surface area contributed by atoms with Gasteiger partial charge >= 0.3 is 0 Å². The van der Waals surface area contributed by atoms with Crippen molar-refractivity contribution >= 4 is 0 Å². The summed E-state index contributed by atoms with van der Waals surface area (Å²) >= 11 is 0. The van der Waals surface area contributed by atoms with E-state index in [1.165, 1.54) is 56.8 Å². The van der Waals surface area contributed by atoms with E-state index in [1.807, 2.05) is 0 Å². The molecule has 2 N–H and O–H groups in total. The molecule has 0 saturated carbocycles. The van der Waals surface area contributed by atoms with Gasteiger partial charge in [0.05, 0.1) is 0 Å². The average Bonchev–Trinajstić information content (AvgIpc) is 2.88. The molecule has 0 aliphatic carbocycles. The van der Waals surface area contributed by atoms with Gasteiger partial charge in [0.15, 0.2) is 0 Å². The van der Waals surface area contributed by atoms with Gasteiger partial charge in [-0.15, -0.1) is 0 Å². The Morgan fingerprint density at radius 3 is 3.11 bits per heavy atom. The Bertz CT molecular complexity index is 395. The number of nitrogens with one attached hydrogen (secondary N) is 2. The highest BCUT2D eigenvalue weighted by molar-refractivity contribution is 5.10. The van der Waals surface area contributed by atoms with Crippen LogP contribution in [-0.4, -0.2) is 48.1 Å². The van der Waals surface area contributed by atoms with Gasteiger partial charge in [-0.05, 0) is 58.3 Å². The maximum atomic E-state index is 4.61. The number of imidazole rings is 1. The van der Waals surface area contributed by atoms with Crippen LogP contribution in [0.5, 0.6) is 0 Å². The SMILES string of the molecule is CN1CCCC(c2cnc(CC3CCCNC3)[nH]2)C1. The number of likely N-dealkylation sites (tertiary alicyclic amines) is 1. The van der Waals surface area contributed by atoms with Gasteiger partial charge in [-0.2, -0.15) is 0 Å². The average molecular weight is 262 g/mol. The lowest BCUT2D eigenvalue weighted by Crippen LogP contribution is -2.31. The molecular weight excluding hydrogens is 236 g/mol. The van der Waals surface area contributed by atoms with Crippen molar-refractivity contribution in [1.29, 1.82) is 0 Å². The first-order valence-corrected chi connectivity index (χ1v) is 7.74. The van der Waals surface area contributed by atoms with E-state index in [9.17, 15) is 0 Å². The van der Waals surface area contributed by atoms with Gasteiger partial charge in [0.1, 0.15) is 5.82 Å². The summed E-state index contributed by atoms with van der Waals surface area (Å²) in [5.74, 6) is 2.61. The number of likely N-dealkylation sites (N-methyl/N-ethyl adjacent to an activating group) is 1. The highest BCUT2D eigenvalue weighted by atomic mass is 15.1. The first kappa shape index (κ1) is 13.1. The summed E-state index contributed by atoms with van der Waals surface area (Å²) < 4.78 is 0. The second-order valence-corrected chi connectivity index (χ2v) is 6.30. The highest BCUT2D eigenvalue weighted by Gasteiger charge is 2.21. The molecule has 4 heteroatoms. The minimum atomic E-state index is 0.657. The molecule has 3 rings (SSSR count). The maximum absolute atomic E-state index is 4.61. The molecule has 2 fully saturated rings. The zero-order chi connectivity index (χ0) is 13.1. The molecule has 0 radical (unpaired) electrons. The van der Waals surface area contributed by atoms with E-state index in [4.69, 9.17) is 0 Å². The Balaban J connectivity index is 1.59. The van der Waals surface area contributed by atoms with E-state index in [0.29, 0.717) is 5.92 Å². The first-order valence-electron chi connectivity index (χ1n) is 7.74. The number of aromatic amines is 1. The van der Waals surface area contributed by atoms with Crippen molar-refractivity contribution in [1.82, 2.24) is 20.2 Å². The Kier molecular flexibility index (Phi) is 4.18. The number of nitrogens with zero attached hydrogens (tertiary/aromatic N) is 2. The normalized spacial score (nSPS) is 29.5. The van der Waals surface area contributed by atoms with E-state index < -0.39 is 0 Å². The van der Waals surface area contributed by atoms with Gasteiger partial charge in [0.25, 0.3) is 0 Å². The third-order valence-electron chi connectivity index (χ3n) is 4.59. The molecule has 2 atom stereocenters. The lowest BCUT2D eigenvalue weighted by atomic mass is 9.95. The molecule has 1 aromatic heterocycles. The van der Waals surface area contributed by atoms with E-state index >= 15 is 0 Å². The minimum absolute atomic E-state index is 0.657. The zero-order valence-electron chi connectivity index (χ0n) is 12.0. The molecule has 0 spiro atoms. The lowest BCUT2D eigenvalue weighted by Gasteiger charge is -2.28. The maximum Gasteiger partial charge on any atom is 0.106 e. The number of H-pyrrole nitrogens is 1. The van der Waals surface area contributed by atoms with Crippen LogP contribution in [0.4, 0.5) is 0 Å². The van der Waals surface area contributed by atoms with Crippen molar-refractivity contribution in [2.75, 3.05) is 33.2 Å². The molecule has 2 aliphatic rings. The van der Waals surface area contributed by atoms with Gasteiger partial charge in [-0.3, -0.25) is 0 Å². The van der Waals surface area contributed by atoms with Crippen molar-refractivity contribution in [3.63, 3.8) is 0 Å². The van der Waals surface area contributed by atoms with Crippen molar-refractivity contribution in [3.8, 4) is 0 Å². The highest BCUT2D eigenvalue weighted by Crippen LogP contribution is 2.25. The molecule has 19 heavy (non-hydrogen) atoms. The van der Waals surface area contributed by atoms with Crippen LogP contribution in [0.25, 0.3) is 0 Å². The van der Waals surface area contributed by atoms with E-state index in [-0.39, 0.29) is 0 Å². The fourth-order valence-electron chi connectivity index (χ4n) is 3.48. The zero-order valence-corrected chi connectivity index (χ0v) is 12.0. The summed E-state index contributed by atoms with van der Waals surface area (Å²) in [7, 11) is 2.22. The van der Waals surface area contributed by atoms with Gasteiger partial charge in [-0.1, -0.05) is 0 Å². The quantitative estimate of drug-likeness (QED) is 0.872. The number of rotatable bonds is 3. The third kappa shape index (κ3) is 3.37. The van der Waals surface area contributed by atoms with Gasteiger partial charge < -0.3 is 15.2 Å². The second-order valence-electron chi connectivity index (χ2n) is 6.30. The van der Waals surface area contributed by atoms with Gasteiger partial charge in [0.2, 0.25) is 0 Å². The summed E-state index contributed by atoms with van der Waals surface area (Å²) in [6, 6.07) is 0. The van der Waals surface area contributed by atoms with Crippen LogP contribution in [0.15, 0.2) is 6.20 Å². The fraction of sp³-hybridized carbons (Fsp3) is 0.800. The van der Waals surface area contributed by atoms with Crippen LogP contribution >= 0.6 is 0 Å². The Hall–Kier alpha value is -0.870. The van der Waals surface area contributed by atoms with Gasteiger partial charge in [0, 0.05) is 30.8 Å². The Labute approximate surface area is 116 Å². The van der Waals surface area contributed by atoms with E-state index in [2.05, 4.69) is 33.4 Å². The molecule has 0 aromatic carbocycles. The predicted molar refractivity (Wildman–Crippen MR) is 77.4 cm³/mol. The van der Waals surface area contributed by atoms with Crippen molar-refractivity contribution in [2.24, 2.45) is 5.92 Å². The molecular formula is C15H26N4. The standard InChI is InChI=1S/C15H26N4/c1-19-7-3-5-13(11-19)14-10-17-15(18-14)8-12-4-2-6-16-9-12/h10,12-13,16H,2-9,11H2,1H3,(H,17,18). The lowest BCUT2D eigenvalue weighted by molar-refractivity contribution is 0.248. The van der Waals surface area contributed by atoms with Crippen molar-refractivity contribution in [2.45, 2.75) is 38.0 Å². The van der Waals surface area contributed by atoms with Crippen LogP contribution in [0.3, 0.4) is 0 Å². The smallest absolute Gasteiger partial charge is 0.106 e. The van der Waals surface area contributed by atoms with Crippen molar-refractivity contribution in [3.05, 3.63) is 17.7 Å². The monoisotopic (exact) mass is 262 g/mol. The molecule has 0 amide bonds. The third-order valence-corrected chi connectivity index (χ3v) is 4.59. The molecule has 4 nitrogen and oxygen atoms in total. The number of hydrogen-bond donors (Lipinski definition) is 2. The number of hydrogen-bond acceptors (Lipinski definition) is 3. The van der Waals surface area contributed by atoms with Crippen LogP contribution in [0, 0.1) is 5.92 Å². The van der Waals surface area contributed by atoms with Crippen LogP contribution < -0.4 is 5.32 Å². The van der Waals surface area contributed by atoms with Gasteiger partial charge in [-0.25, -0.2) is 4.98 Å². The molecule has 1 aromatic rings.